The topological polar surface area (TPSA) is 32.3 Å². The van der Waals surface area contributed by atoms with Crippen LogP contribution in [0.5, 0.6) is 5.75 Å². The smallest absolute Gasteiger partial charge is 0.128 e. The summed E-state index contributed by atoms with van der Waals surface area (Å²) in [5.41, 5.74) is 2.40. The molecular formula is C14H13BrFNO. The van der Waals surface area contributed by atoms with Gasteiger partial charge in [0.15, 0.2) is 0 Å². The Morgan fingerprint density at radius 3 is 2.72 bits per heavy atom. The molecule has 0 aromatic heterocycles. The van der Waals surface area contributed by atoms with Gasteiger partial charge in [0.1, 0.15) is 11.6 Å². The maximum atomic E-state index is 13.5. The van der Waals surface area contributed by atoms with Crippen LogP contribution < -0.4 is 5.32 Å². The summed E-state index contributed by atoms with van der Waals surface area (Å²) in [6.45, 7) is 2.29. The Hall–Kier alpha value is -1.55. The number of aromatic hydroxyl groups is 1. The highest BCUT2D eigenvalue weighted by Crippen LogP contribution is 2.22. The Morgan fingerprint density at radius 2 is 2.00 bits per heavy atom. The normalized spacial score (nSPS) is 10.4. The van der Waals surface area contributed by atoms with Crippen molar-refractivity contribution >= 4 is 21.6 Å². The fourth-order valence-electron chi connectivity index (χ4n) is 1.72. The van der Waals surface area contributed by atoms with Crippen LogP contribution in [0.15, 0.2) is 40.9 Å². The van der Waals surface area contributed by atoms with Crippen LogP contribution in [-0.2, 0) is 6.54 Å². The Bertz CT molecular complexity index is 572. The highest BCUT2D eigenvalue weighted by molar-refractivity contribution is 9.10. The number of hydrogen-bond donors (Lipinski definition) is 2. The van der Waals surface area contributed by atoms with E-state index in [-0.39, 0.29) is 11.6 Å². The van der Waals surface area contributed by atoms with E-state index in [0.717, 1.165) is 15.7 Å². The molecule has 0 heterocycles. The van der Waals surface area contributed by atoms with Crippen molar-refractivity contribution in [1.29, 1.82) is 0 Å². The van der Waals surface area contributed by atoms with Crippen molar-refractivity contribution in [3.05, 3.63) is 57.8 Å². The minimum absolute atomic E-state index is 0.228. The van der Waals surface area contributed by atoms with Crippen molar-refractivity contribution in [2.75, 3.05) is 5.32 Å². The number of nitrogens with one attached hydrogen (secondary N) is 1. The highest BCUT2D eigenvalue weighted by Gasteiger charge is 2.04. The molecule has 94 valence electrons. The monoisotopic (exact) mass is 309 g/mol. The van der Waals surface area contributed by atoms with Gasteiger partial charge in [-0.3, -0.25) is 0 Å². The zero-order chi connectivity index (χ0) is 13.1. The molecule has 0 radical (unpaired) electrons. The number of aryl methyl sites for hydroxylation is 1. The summed E-state index contributed by atoms with van der Waals surface area (Å²) >= 11 is 3.32. The average Bonchev–Trinajstić information content (AvgIpc) is 2.32. The molecular weight excluding hydrogens is 297 g/mol. The average molecular weight is 310 g/mol. The van der Waals surface area contributed by atoms with Crippen LogP contribution >= 0.6 is 15.9 Å². The second-order valence-electron chi connectivity index (χ2n) is 4.09. The molecule has 0 saturated heterocycles. The molecule has 2 rings (SSSR count). The second kappa shape index (κ2) is 5.40. The largest absolute Gasteiger partial charge is 0.508 e. The standard InChI is InChI=1S/C14H13BrFNO/c1-9-6-12(18)3-5-14(9)17-8-10-7-11(15)2-4-13(10)16/h2-7,17-18H,8H2,1H3. The number of halogens is 2. The van der Waals surface area contributed by atoms with Crippen LogP contribution in [0.4, 0.5) is 10.1 Å². The molecule has 18 heavy (non-hydrogen) atoms. The number of benzene rings is 2. The SMILES string of the molecule is Cc1cc(O)ccc1NCc1cc(Br)ccc1F. The van der Waals surface area contributed by atoms with Crippen molar-refractivity contribution in [1.82, 2.24) is 0 Å². The van der Waals surface area contributed by atoms with Gasteiger partial charge in [-0.1, -0.05) is 15.9 Å². The lowest BCUT2D eigenvalue weighted by molar-refractivity contribution is 0.475. The third-order valence-corrected chi connectivity index (χ3v) is 3.18. The van der Waals surface area contributed by atoms with Gasteiger partial charge in [0.05, 0.1) is 0 Å². The molecule has 2 N–H and O–H groups in total. The molecule has 0 atom stereocenters. The summed E-state index contributed by atoms with van der Waals surface area (Å²) in [6, 6.07) is 9.90. The molecule has 0 amide bonds. The zero-order valence-electron chi connectivity index (χ0n) is 9.87. The molecule has 2 aromatic rings. The lowest BCUT2D eigenvalue weighted by Gasteiger charge is -2.10. The maximum absolute atomic E-state index is 13.5. The highest BCUT2D eigenvalue weighted by atomic mass is 79.9. The van der Waals surface area contributed by atoms with Gasteiger partial charge in [0.25, 0.3) is 0 Å². The summed E-state index contributed by atoms with van der Waals surface area (Å²) in [5, 5.41) is 12.5. The lowest BCUT2D eigenvalue weighted by Crippen LogP contribution is -2.03. The van der Waals surface area contributed by atoms with Gasteiger partial charge in [-0.15, -0.1) is 0 Å². The van der Waals surface area contributed by atoms with E-state index in [9.17, 15) is 9.50 Å². The van der Waals surface area contributed by atoms with E-state index in [1.54, 1.807) is 30.3 Å². The van der Waals surface area contributed by atoms with Crippen molar-refractivity contribution in [2.45, 2.75) is 13.5 Å². The summed E-state index contributed by atoms with van der Waals surface area (Å²) in [7, 11) is 0. The van der Waals surface area contributed by atoms with E-state index >= 15 is 0 Å². The molecule has 4 heteroatoms. The van der Waals surface area contributed by atoms with Gasteiger partial charge >= 0.3 is 0 Å². The predicted octanol–water partition coefficient (Wildman–Crippen LogP) is 4.21. The molecule has 0 bridgehead atoms. The molecule has 0 saturated carbocycles. The van der Waals surface area contributed by atoms with Gasteiger partial charge in [-0.05, 0) is 48.9 Å². The van der Waals surface area contributed by atoms with E-state index in [4.69, 9.17) is 0 Å². The van der Waals surface area contributed by atoms with Gasteiger partial charge in [0, 0.05) is 22.3 Å². The maximum Gasteiger partial charge on any atom is 0.128 e. The quantitative estimate of drug-likeness (QED) is 0.832. The van der Waals surface area contributed by atoms with Crippen LogP contribution in [0.1, 0.15) is 11.1 Å². The summed E-state index contributed by atoms with van der Waals surface area (Å²) in [6.07, 6.45) is 0. The minimum Gasteiger partial charge on any atom is -0.508 e. The number of hydrogen-bond acceptors (Lipinski definition) is 2. The molecule has 0 aliphatic carbocycles. The molecule has 0 fully saturated rings. The van der Waals surface area contributed by atoms with Crippen LogP contribution in [0.2, 0.25) is 0 Å². The first-order valence-electron chi connectivity index (χ1n) is 5.53. The summed E-state index contributed by atoms with van der Waals surface area (Å²) in [4.78, 5) is 0. The summed E-state index contributed by atoms with van der Waals surface area (Å²) in [5.74, 6) is -0.00572. The minimum atomic E-state index is -0.234. The Morgan fingerprint density at radius 1 is 1.22 bits per heavy atom. The molecule has 2 aromatic carbocycles. The zero-order valence-corrected chi connectivity index (χ0v) is 11.5. The molecule has 0 unspecified atom stereocenters. The third-order valence-electron chi connectivity index (χ3n) is 2.69. The van der Waals surface area contributed by atoms with E-state index in [1.807, 2.05) is 6.92 Å². The molecule has 0 aliphatic heterocycles. The third kappa shape index (κ3) is 3.01. The first kappa shape index (κ1) is 12.9. The Labute approximate surface area is 114 Å². The van der Waals surface area contributed by atoms with Crippen LogP contribution in [0, 0.1) is 12.7 Å². The number of rotatable bonds is 3. The van der Waals surface area contributed by atoms with Crippen LogP contribution in [0.25, 0.3) is 0 Å². The van der Waals surface area contributed by atoms with Crippen LogP contribution in [-0.4, -0.2) is 5.11 Å². The van der Waals surface area contributed by atoms with E-state index in [1.165, 1.54) is 6.07 Å². The second-order valence-corrected chi connectivity index (χ2v) is 5.00. The lowest BCUT2D eigenvalue weighted by atomic mass is 10.1. The van der Waals surface area contributed by atoms with E-state index < -0.39 is 0 Å². The Kier molecular flexibility index (Phi) is 3.87. The van der Waals surface area contributed by atoms with Crippen molar-refractivity contribution in [2.24, 2.45) is 0 Å². The molecule has 0 spiro atoms. The molecule has 0 aliphatic rings. The first-order valence-corrected chi connectivity index (χ1v) is 6.33. The number of phenolic OH excluding ortho intramolecular Hbond substituents is 1. The van der Waals surface area contributed by atoms with Crippen molar-refractivity contribution in [3.63, 3.8) is 0 Å². The summed E-state index contributed by atoms with van der Waals surface area (Å²) < 4.78 is 14.4. The van der Waals surface area contributed by atoms with Crippen molar-refractivity contribution < 1.29 is 9.50 Å². The van der Waals surface area contributed by atoms with E-state index in [2.05, 4.69) is 21.2 Å². The fourth-order valence-corrected chi connectivity index (χ4v) is 2.12. The van der Waals surface area contributed by atoms with Gasteiger partial charge < -0.3 is 10.4 Å². The first-order chi connectivity index (χ1) is 8.56. The van der Waals surface area contributed by atoms with Crippen LogP contribution in [0.3, 0.4) is 0 Å². The number of phenols is 1. The van der Waals surface area contributed by atoms with Gasteiger partial charge in [-0.25, -0.2) is 4.39 Å². The Balaban J connectivity index is 2.13. The fraction of sp³-hybridized carbons (Fsp3) is 0.143. The van der Waals surface area contributed by atoms with Crippen molar-refractivity contribution in [3.8, 4) is 5.75 Å². The van der Waals surface area contributed by atoms with E-state index in [0.29, 0.717) is 12.1 Å². The van der Waals surface area contributed by atoms with Gasteiger partial charge in [-0.2, -0.15) is 0 Å². The predicted molar refractivity (Wildman–Crippen MR) is 74.3 cm³/mol. The molecule has 2 nitrogen and oxygen atoms in total. The number of anilines is 1. The van der Waals surface area contributed by atoms with Gasteiger partial charge in [0.2, 0.25) is 0 Å².